The normalized spacial score (nSPS) is 25.0. The van der Waals surface area contributed by atoms with Crippen molar-refractivity contribution in [2.24, 2.45) is 0 Å². The number of aromatic hydroxyl groups is 1. The molecular formula is C21H18ClNO6S. The molecule has 7 nitrogen and oxygen atoms in total. The molecule has 0 spiro atoms. The number of likely N-dealkylation sites (tertiary alicyclic amines) is 1. The number of phenols is 1. The van der Waals surface area contributed by atoms with Gasteiger partial charge in [0.1, 0.15) is 11.5 Å². The van der Waals surface area contributed by atoms with Crippen molar-refractivity contribution in [2.75, 3.05) is 11.5 Å². The molecule has 2 aliphatic heterocycles. The predicted octanol–water partition coefficient (Wildman–Crippen LogP) is 2.65. The number of aliphatic hydroxyl groups is 1. The first-order chi connectivity index (χ1) is 14.2. The fourth-order valence-electron chi connectivity index (χ4n) is 4.01. The van der Waals surface area contributed by atoms with E-state index in [-0.39, 0.29) is 35.0 Å². The summed E-state index contributed by atoms with van der Waals surface area (Å²) < 4.78 is 24.0. The molecule has 2 aromatic carbocycles. The van der Waals surface area contributed by atoms with Crippen LogP contribution in [0.4, 0.5) is 0 Å². The van der Waals surface area contributed by atoms with Crippen LogP contribution in [0.15, 0.2) is 54.1 Å². The molecule has 0 bridgehead atoms. The van der Waals surface area contributed by atoms with Gasteiger partial charge < -0.3 is 15.1 Å². The number of phenolic OH excluding ortho intramolecular Hbond substituents is 1. The first-order valence-corrected chi connectivity index (χ1v) is 11.4. The summed E-state index contributed by atoms with van der Waals surface area (Å²) in [6.45, 7) is 0. The highest BCUT2D eigenvalue weighted by Crippen LogP contribution is 2.42. The monoisotopic (exact) mass is 447 g/mol. The first kappa shape index (κ1) is 20.4. The summed E-state index contributed by atoms with van der Waals surface area (Å²) in [4.78, 5) is 27.1. The number of Topliss-reactive ketones (excluding diaryl/α,β-unsaturated/α-hetero) is 1. The van der Waals surface area contributed by atoms with Gasteiger partial charge in [0.2, 0.25) is 0 Å². The van der Waals surface area contributed by atoms with Crippen LogP contribution in [0.2, 0.25) is 5.02 Å². The number of rotatable bonds is 3. The van der Waals surface area contributed by atoms with E-state index >= 15 is 0 Å². The molecule has 156 valence electrons. The number of sulfone groups is 1. The summed E-state index contributed by atoms with van der Waals surface area (Å²) in [6, 6.07) is 10.4. The fourth-order valence-corrected chi connectivity index (χ4v) is 5.84. The number of carbonyl (C=O) groups is 2. The molecule has 9 heteroatoms. The van der Waals surface area contributed by atoms with Crippen LogP contribution in [0.3, 0.4) is 0 Å². The van der Waals surface area contributed by atoms with Crippen LogP contribution in [0.25, 0.3) is 5.76 Å². The summed E-state index contributed by atoms with van der Waals surface area (Å²) in [5.41, 5.74) is 0.535. The van der Waals surface area contributed by atoms with Crippen molar-refractivity contribution in [2.45, 2.75) is 18.5 Å². The van der Waals surface area contributed by atoms with Crippen LogP contribution in [-0.2, 0) is 19.4 Å². The Morgan fingerprint density at radius 2 is 1.80 bits per heavy atom. The maximum absolute atomic E-state index is 12.9. The molecular weight excluding hydrogens is 430 g/mol. The van der Waals surface area contributed by atoms with Gasteiger partial charge in [-0.1, -0.05) is 23.7 Å². The highest BCUT2D eigenvalue weighted by Gasteiger charge is 2.51. The van der Waals surface area contributed by atoms with E-state index in [2.05, 4.69) is 0 Å². The van der Waals surface area contributed by atoms with Gasteiger partial charge >= 0.3 is 0 Å². The quantitative estimate of drug-likeness (QED) is 0.425. The van der Waals surface area contributed by atoms with Crippen molar-refractivity contribution in [1.82, 2.24) is 4.90 Å². The molecule has 0 radical (unpaired) electrons. The van der Waals surface area contributed by atoms with E-state index in [0.29, 0.717) is 16.1 Å². The Hall–Kier alpha value is -2.84. The molecule has 4 rings (SSSR count). The Morgan fingerprint density at radius 3 is 2.40 bits per heavy atom. The molecule has 2 aromatic rings. The smallest absolute Gasteiger partial charge is 0.295 e. The summed E-state index contributed by atoms with van der Waals surface area (Å²) in [5.74, 6) is -2.58. The Bertz CT molecular complexity index is 1170. The molecule has 1 amide bonds. The molecule has 2 unspecified atom stereocenters. The van der Waals surface area contributed by atoms with E-state index in [1.54, 1.807) is 24.3 Å². The van der Waals surface area contributed by atoms with Crippen LogP contribution in [0.1, 0.15) is 23.6 Å². The van der Waals surface area contributed by atoms with Crippen LogP contribution in [-0.4, -0.2) is 52.8 Å². The molecule has 0 saturated carbocycles. The molecule has 2 N–H and O–H groups in total. The Balaban J connectivity index is 1.90. The van der Waals surface area contributed by atoms with Gasteiger partial charge in [-0.05, 0) is 48.4 Å². The second-order valence-electron chi connectivity index (χ2n) is 7.37. The number of ketones is 1. The van der Waals surface area contributed by atoms with Crippen molar-refractivity contribution in [3.05, 3.63) is 70.3 Å². The maximum Gasteiger partial charge on any atom is 0.295 e. The Kier molecular flexibility index (Phi) is 5.07. The van der Waals surface area contributed by atoms with Gasteiger partial charge in [0.25, 0.3) is 11.7 Å². The van der Waals surface area contributed by atoms with E-state index in [9.17, 15) is 28.2 Å². The average Bonchev–Trinajstić information content (AvgIpc) is 3.18. The third-order valence-electron chi connectivity index (χ3n) is 5.39. The standard InChI is InChI=1S/C21H18ClNO6S/c22-14-6-4-12(5-7-14)19(25)17-18(13-2-1-3-16(24)10-13)23(21(27)20(17)26)15-8-9-30(28,29)11-15/h1-7,10,15,18,24-25H,8-9,11H2. The summed E-state index contributed by atoms with van der Waals surface area (Å²) >= 11 is 5.89. The van der Waals surface area contributed by atoms with Gasteiger partial charge in [-0.2, -0.15) is 0 Å². The first-order valence-electron chi connectivity index (χ1n) is 9.23. The number of hydrogen-bond acceptors (Lipinski definition) is 6. The highest BCUT2D eigenvalue weighted by molar-refractivity contribution is 7.91. The van der Waals surface area contributed by atoms with E-state index < -0.39 is 33.6 Å². The van der Waals surface area contributed by atoms with Gasteiger partial charge in [0.05, 0.1) is 23.1 Å². The lowest BCUT2D eigenvalue weighted by Crippen LogP contribution is -2.40. The molecule has 2 fully saturated rings. The molecule has 0 aromatic heterocycles. The minimum absolute atomic E-state index is 0.0788. The number of amides is 1. The fraction of sp³-hybridized carbons (Fsp3) is 0.238. The van der Waals surface area contributed by atoms with Crippen molar-refractivity contribution in [1.29, 1.82) is 0 Å². The zero-order chi connectivity index (χ0) is 21.6. The number of aliphatic hydroxyl groups excluding tert-OH is 1. The molecule has 2 saturated heterocycles. The number of benzene rings is 2. The second-order valence-corrected chi connectivity index (χ2v) is 10.0. The lowest BCUT2D eigenvalue weighted by Gasteiger charge is -2.30. The SMILES string of the molecule is O=C1C(=O)N(C2CCS(=O)(=O)C2)C(c2cccc(O)c2)C1=C(O)c1ccc(Cl)cc1. The Morgan fingerprint density at radius 1 is 1.10 bits per heavy atom. The van der Waals surface area contributed by atoms with E-state index in [1.165, 1.54) is 29.2 Å². The van der Waals surface area contributed by atoms with Crippen LogP contribution in [0, 0.1) is 0 Å². The second kappa shape index (κ2) is 7.45. The number of hydrogen-bond donors (Lipinski definition) is 2. The van der Waals surface area contributed by atoms with Crippen molar-refractivity contribution >= 4 is 38.9 Å². The van der Waals surface area contributed by atoms with Crippen molar-refractivity contribution in [3.63, 3.8) is 0 Å². The number of carbonyl (C=O) groups excluding carboxylic acids is 2. The van der Waals surface area contributed by atoms with Gasteiger partial charge in [0.15, 0.2) is 9.84 Å². The van der Waals surface area contributed by atoms with Crippen molar-refractivity contribution in [3.8, 4) is 5.75 Å². The lowest BCUT2D eigenvalue weighted by atomic mass is 9.94. The van der Waals surface area contributed by atoms with E-state index in [4.69, 9.17) is 11.6 Å². The largest absolute Gasteiger partial charge is 0.508 e. The minimum atomic E-state index is -3.33. The van der Waals surface area contributed by atoms with Crippen molar-refractivity contribution < 1.29 is 28.2 Å². The van der Waals surface area contributed by atoms with Gasteiger partial charge in [-0.15, -0.1) is 0 Å². The lowest BCUT2D eigenvalue weighted by molar-refractivity contribution is -0.141. The summed E-state index contributed by atoms with van der Waals surface area (Å²) in [5, 5.41) is 21.3. The van der Waals surface area contributed by atoms with Crippen LogP contribution < -0.4 is 0 Å². The maximum atomic E-state index is 12.9. The molecule has 2 aliphatic rings. The van der Waals surface area contributed by atoms with E-state index in [0.717, 1.165) is 0 Å². The van der Waals surface area contributed by atoms with Gasteiger partial charge in [0, 0.05) is 16.6 Å². The topological polar surface area (TPSA) is 112 Å². The predicted molar refractivity (Wildman–Crippen MR) is 111 cm³/mol. The molecule has 30 heavy (non-hydrogen) atoms. The summed E-state index contributed by atoms with van der Waals surface area (Å²) in [6.07, 6.45) is 0.200. The minimum Gasteiger partial charge on any atom is -0.508 e. The molecule has 0 aliphatic carbocycles. The Labute approximate surface area is 178 Å². The third-order valence-corrected chi connectivity index (χ3v) is 7.39. The summed E-state index contributed by atoms with van der Waals surface area (Å²) in [7, 11) is -3.33. The molecule has 2 heterocycles. The van der Waals surface area contributed by atoms with E-state index in [1.807, 2.05) is 0 Å². The van der Waals surface area contributed by atoms with Gasteiger partial charge in [-0.3, -0.25) is 9.59 Å². The number of nitrogens with zero attached hydrogens (tertiary/aromatic N) is 1. The highest BCUT2D eigenvalue weighted by atomic mass is 35.5. The van der Waals surface area contributed by atoms with Crippen LogP contribution in [0.5, 0.6) is 5.75 Å². The third kappa shape index (κ3) is 3.57. The zero-order valence-electron chi connectivity index (χ0n) is 15.7. The number of halogens is 1. The average molecular weight is 448 g/mol. The zero-order valence-corrected chi connectivity index (χ0v) is 17.2. The van der Waals surface area contributed by atoms with Gasteiger partial charge in [-0.25, -0.2) is 8.42 Å². The van der Waals surface area contributed by atoms with Crippen LogP contribution >= 0.6 is 11.6 Å². The molecule has 2 atom stereocenters.